The smallest absolute Gasteiger partial charge is 0.207 e. The van der Waals surface area contributed by atoms with E-state index in [0.717, 1.165) is 12.1 Å². The van der Waals surface area contributed by atoms with E-state index in [2.05, 4.69) is 0 Å². The van der Waals surface area contributed by atoms with Crippen LogP contribution in [0.2, 0.25) is 10.0 Å². The molecule has 0 spiro atoms. The SMILES string of the molecule is O=S(=O)(Cl)c1c(Cl)ccc(F)c1Cl. The van der Waals surface area contributed by atoms with Gasteiger partial charge in [0.1, 0.15) is 10.7 Å². The summed E-state index contributed by atoms with van der Waals surface area (Å²) in [6.07, 6.45) is 0. The normalized spacial score (nSPS) is 11.7. The molecule has 0 unspecified atom stereocenters. The maximum absolute atomic E-state index is 12.8. The predicted octanol–water partition coefficient (Wildman–Crippen LogP) is 3.06. The summed E-state index contributed by atoms with van der Waals surface area (Å²) in [5.41, 5.74) is 0. The number of hydrogen-bond donors (Lipinski definition) is 0. The molecule has 0 heterocycles. The van der Waals surface area contributed by atoms with Crippen LogP contribution in [0.5, 0.6) is 0 Å². The summed E-state index contributed by atoms with van der Waals surface area (Å²) in [7, 11) is 0.859. The van der Waals surface area contributed by atoms with Gasteiger partial charge in [0.2, 0.25) is 0 Å². The molecule has 0 atom stereocenters. The molecule has 0 aromatic heterocycles. The van der Waals surface area contributed by atoms with Crippen molar-refractivity contribution in [3.63, 3.8) is 0 Å². The molecule has 72 valence electrons. The highest BCUT2D eigenvalue weighted by Gasteiger charge is 2.21. The standard InChI is InChI=1S/C6H2Cl3FO2S/c7-3-1-2-4(10)5(8)6(3)13(9,11)12/h1-2H. The molecule has 0 fully saturated rings. The number of rotatable bonds is 1. The van der Waals surface area contributed by atoms with E-state index in [4.69, 9.17) is 33.9 Å². The van der Waals surface area contributed by atoms with Crippen LogP contribution in [-0.4, -0.2) is 8.42 Å². The van der Waals surface area contributed by atoms with E-state index < -0.39 is 24.8 Å². The molecule has 1 aromatic carbocycles. The lowest BCUT2D eigenvalue weighted by molar-refractivity contribution is 0.602. The van der Waals surface area contributed by atoms with Gasteiger partial charge in [-0.15, -0.1) is 0 Å². The van der Waals surface area contributed by atoms with Gasteiger partial charge in [0, 0.05) is 10.7 Å². The highest BCUT2D eigenvalue weighted by molar-refractivity contribution is 8.14. The Labute approximate surface area is 88.6 Å². The van der Waals surface area contributed by atoms with Crippen LogP contribution in [-0.2, 0) is 9.05 Å². The van der Waals surface area contributed by atoms with Crippen molar-refractivity contribution >= 4 is 42.9 Å². The van der Waals surface area contributed by atoms with E-state index in [0.29, 0.717) is 0 Å². The third-order valence-corrected chi connectivity index (χ3v) is 3.53. The molecule has 0 N–H and O–H groups in total. The van der Waals surface area contributed by atoms with Crippen molar-refractivity contribution in [3.05, 3.63) is 28.0 Å². The predicted molar refractivity (Wildman–Crippen MR) is 49.5 cm³/mol. The van der Waals surface area contributed by atoms with Crippen molar-refractivity contribution in [2.45, 2.75) is 4.90 Å². The fourth-order valence-corrected chi connectivity index (χ4v) is 3.04. The fourth-order valence-electron chi connectivity index (χ4n) is 0.732. The van der Waals surface area contributed by atoms with Gasteiger partial charge in [-0.2, -0.15) is 0 Å². The molecule has 0 amide bonds. The summed E-state index contributed by atoms with van der Waals surface area (Å²) in [5, 5.41) is -0.802. The maximum Gasteiger partial charge on any atom is 0.264 e. The van der Waals surface area contributed by atoms with E-state index in [9.17, 15) is 12.8 Å². The molecule has 1 aromatic rings. The summed E-state index contributed by atoms with van der Waals surface area (Å²) in [4.78, 5) is -0.600. The summed E-state index contributed by atoms with van der Waals surface area (Å²) in [6, 6.07) is 2.02. The van der Waals surface area contributed by atoms with Crippen LogP contribution >= 0.6 is 33.9 Å². The first-order valence-electron chi connectivity index (χ1n) is 2.92. The second kappa shape index (κ2) is 3.61. The van der Waals surface area contributed by atoms with Crippen LogP contribution in [0.15, 0.2) is 17.0 Å². The third-order valence-electron chi connectivity index (χ3n) is 1.25. The number of benzene rings is 1. The van der Waals surface area contributed by atoms with E-state index in [1.165, 1.54) is 0 Å². The molecule has 0 saturated carbocycles. The van der Waals surface area contributed by atoms with Gasteiger partial charge < -0.3 is 0 Å². The van der Waals surface area contributed by atoms with E-state index in [-0.39, 0.29) is 5.02 Å². The second-order valence-electron chi connectivity index (χ2n) is 2.11. The fraction of sp³-hybridized carbons (Fsp3) is 0. The van der Waals surface area contributed by atoms with Crippen LogP contribution < -0.4 is 0 Å². The zero-order valence-electron chi connectivity index (χ0n) is 5.89. The molecule has 0 aliphatic carbocycles. The highest BCUT2D eigenvalue weighted by Crippen LogP contribution is 2.33. The minimum absolute atomic E-state index is 0.207. The average Bonchev–Trinajstić information content (AvgIpc) is 1.95. The summed E-state index contributed by atoms with van der Waals surface area (Å²) < 4.78 is 34.5. The van der Waals surface area contributed by atoms with E-state index in [1.807, 2.05) is 0 Å². The minimum atomic E-state index is -4.12. The quantitative estimate of drug-likeness (QED) is 0.576. The van der Waals surface area contributed by atoms with Crippen LogP contribution in [0.3, 0.4) is 0 Å². The highest BCUT2D eigenvalue weighted by atomic mass is 35.7. The van der Waals surface area contributed by atoms with Crippen molar-refractivity contribution in [2.24, 2.45) is 0 Å². The minimum Gasteiger partial charge on any atom is -0.207 e. The molecule has 2 nitrogen and oxygen atoms in total. The zero-order valence-corrected chi connectivity index (χ0v) is 8.98. The molecule has 1 rings (SSSR count). The van der Waals surface area contributed by atoms with Crippen LogP contribution in [0, 0.1) is 5.82 Å². The summed E-state index contributed by atoms with van der Waals surface area (Å²) in [6.45, 7) is 0. The first-order valence-corrected chi connectivity index (χ1v) is 5.98. The lowest BCUT2D eigenvalue weighted by Gasteiger charge is -2.02. The van der Waals surface area contributed by atoms with E-state index in [1.54, 1.807) is 0 Å². The van der Waals surface area contributed by atoms with Gasteiger partial charge in [0.05, 0.1) is 10.0 Å². The Morgan fingerprint density at radius 2 is 1.77 bits per heavy atom. The topological polar surface area (TPSA) is 34.1 Å². The van der Waals surface area contributed by atoms with Crippen molar-refractivity contribution in [3.8, 4) is 0 Å². The van der Waals surface area contributed by atoms with Gasteiger partial charge >= 0.3 is 0 Å². The van der Waals surface area contributed by atoms with Gasteiger partial charge in [0.15, 0.2) is 0 Å². The lowest BCUT2D eigenvalue weighted by atomic mass is 10.3. The monoisotopic (exact) mass is 262 g/mol. The van der Waals surface area contributed by atoms with Crippen LogP contribution in [0.25, 0.3) is 0 Å². The summed E-state index contributed by atoms with van der Waals surface area (Å²) >= 11 is 10.8. The van der Waals surface area contributed by atoms with Crippen molar-refractivity contribution < 1.29 is 12.8 Å². The number of hydrogen-bond acceptors (Lipinski definition) is 2. The van der Waals surface area contributed by atoms with Crippen molar-refractivity contribution in [1.82, 2.24) is 0 Å². The Morgan fingerprint density at radius 3 is 2.15 bits per heavy atom. The summed E-state index contributed by atoms with van der Waals surface area (Å²) in [5.74, 6) is -0.884. The van der Waals surface area contributed by atoms with Crippen molar-refractivity contribution in [1.29, 1.82) is 0 Å². The molecule has 0 saturated heterocycles. The average molecular weight is 264 g/mol. The third kappa shape index (κ3) is 2.26. The molecule has 0 aliphatic rings. The van der Waals surface area contributed by atoms with Crippen LogP contribution in [0.1, 0.15) is 0 Å². The second-order valence-corrected chi connectivity index (χ2v) is 5.40. The van der Waals surface area contributed by atoms with Gasteiger partial charge in [-0.25, -0.2) is 12.8 Å². The molecule has 0 aliphatic heterocycles. The first kappa shape index (κ1) is 11.0. The Bertz CT molecular complexity index is 443. The lowest BCUT2D eigenvalue weighted by Crippen LogP contribution is -1.95. The van der Waals surface area contributed by atoms with Gasteiger partial charge in [0.25, 0.3) is 9.05 Å². The molecule has 13 heavy (non-hydrogen) atoms. The van der Waals surface area contributed by atoms with Gasteiger partial charge in [-0.3, -0.25) is 0 Å². The Balaban J connectivity index is 3.62. The Morgan fingerprint density at radius 1 is 1.23 bits per heavy atom. The first-order chi connectivity index (χ1) is 5.84. The van der Waals surface area contributed by atoms with Gasteiger partial charge in [-0.05, 0) is 12.1 Å². The molecule has 0 radical (unpaired) electrons. The molecule has 0 bridgehead atoms. The molecule has 7 heteroatoms. The Kier molecular flexibility index (Phi) is 3.07. The maximum atomic E-state index is 12.8. The van der Waals surface area contributed by atoms with Gasteiger partial charge in [-0.1, -0.05) is 23.2 Å². The Hall–Kier alpha value is -0.0300. The largest absolute Gasteiger partial charge is 0.264 e. The van der Waals surface area contributed by atoms with Crippen molar-refractivity contribution in [2.75, 3.05) is 0 Å². The van der Waals surface area contributed by atoms with E-state index >= 15 is 0 Å². The number of halogens is 4. The van der Waals surface area contributed by atoms with Crippen LogP contribution in [0.4, 0.5) is 4.39 Å². The molecular weight excluding hydrogens is 261 g/mol. The molecular formula is C6H2Cl3FO2S. The zero-order chi connectivity index (χ0) is 10.2.